The Morgan fingerprint density at radius 1 is 1.38 bits per heavy atom. The molecule has 0 N–H and O–H groups in total. The third-order valence-electron chi connectivity index (χ3n) is 2.60. The summed E-state index contributed by atoms with van der Waals surface area (Å²) in [6, 6.07) is 0. The van der Waals surface area contributed by atoms with Crippen LogP contribution in [-0.4, -0.2) is 51.2 Å². The number of carbonyl (C=O) groups excluding carboxylic acids is 2. The molecule has 90 valence electrons. The summed E-state index contributed by atoms with van der Waals surface area (Å²) in [7, 11) is 4.52. The van der Waals surface area contributed by atoms with Crippen LogP contribution >= 0.6 is 0 Å². The van der Waals surface area contributed by atoms with Gasteiger partial charge in [-0.3, -0.25) is 14.5 Å². The number of hydrogen-bond donors (Lipinski definition) is 0. The molecule has 0 bridgehead atoms. The van der Waals surface area contributed by atoms with Crippen molar-refractivity contribution in [3.8, 4) is 0 Å². The van der Waals surface area contributed by atoms with E-state index in [1.54, 1.807) is 0 Å². The summed E-state index contributed by atoms with van der Waals surface area (Å²) < 4.78 is 9.18. The van der Waals surface area contributed by atoms with Crippen molar-refractivity contribution in [2.75, 3.05) is 34.4 Å². The maximum Gasteiger partial charge on any atom is 0.320 e. The summed E-state index contributed by atoms with van der Waals surface area (Å²) in [5.41, 5.74) is 1.07. The molecule has 16 heavy (non-hydrogen) atoms. The summed E-state index contributed by atoms with van der Waals surface area (Å²) in [6.45, 7) is 1.63. The normalized spacial score (nSPS) is 16.1. The van der Waals surface area contributed by atoms with E-state index in [2.05, 4.69) is 14.4 Å². The van der Waals surface area contributed by atoms with Crippen molar-refractivity contribution < 1.29 is 19.1 Å². The van der Waals surface area contributed by atoms with Crippen molar-refractivity contribution in [1.82, 2.24) is 4.90 Å². The van der Waals surface area contributed by atoms with Crippen molar-refractivity contribution in [2.45, 2.75) is 6.42 Å². The molecule has 0 unspecified atom stereocenters. The van der Waals surface area contributed by atoms with Gasteiger partial charge < -0.3 is 9.47 Å². The standard InChI is InChI=1S/C11H17NO4/c1-12-5-4-8(7-12)6-9(10(13)15-2)11(14)16-3/h4,9H,5-7H2,1-3H3. The highest BCUT2D eigenvalue weighted by molar-refractivity contribution is 5.95. The van der Waals surface area contributed by atoms with Gasteiger partial charge >= 0.3 is 11.9 Å². The van der Waals surface area contributed by atoms with Crippen LogP contribution in [0.15, 0.2) is 11.6 Å². The molecule has 0 atom stereocenters. The van der Waals surface area contributed by atoms with Crippen LogP contribution < -0.4 is 0 Å². The average molecular weight is 227 g/mol. The Balaban J connectivity index is 2.64. The van der Waals surface area contributed by atoms with E-state index in [4.69, 9.17) is 0 Å². The van der Waals surface area contributed by atoms with Gasteiger partial charge in [0.15, 0.2) is 5.92 Å². The predicted molar refractivity (Wildman–Crippen MR) is 57.7 cm³/mol. The van der Waals surface area contributed by atoms with Crippen LogP contribution in [0.5, 0.6) is 0 Å². The van der Waals surface area contributed by atoms with Gasteiger partial charge in [0.2, 0.25) is 0 Å². The van der Waals surface area contributed by atoms with Crippen LogP contribution in [0.3, 0.4) is 0 Å². The first-order valence-electron chi connectivity index (χ1n) is 5.10. The fourth-order valence-electron chi connectivity index (χ4n) is 1.72. The molecule has 0 radical (unpaired) electrons. The molecule has 5 nitrogen and oxygen atoms in total. The van der Waals surface area contributed by atoms with Crippen LogP contribution in [-0.2, 0) is 19.1 Å². The van der Waals surface area contributed by atoms with Crippen LogP contribution in [0.25, 0.3) is 0 Å². The second-order valence-electron chi connectivity index (χ2n) is 3.86. The summed E-state index contributed by atoms with van der Waals surface area (Å²) in [5.74, 6) is -1.92. The van der Waals surface area contributed by atoms with Crippen molar-refractivity contribution in [2.24, 2.45) is 5.92 Å². The topological polar surface area (TPSA) is 55.8 Å². The first kappa shape index (κ1) is 12.7. The Bertz CT molecular complexity index is 295. The molecule has 0 saturated heterocycles. The van der Waals surface area contributed by atoms with E-state index in [1.807, 2.05) is 13.1 Å². The van der Waals surface area contributed by atoms with Gasteiger partial charge in [0, 0.05) is 13.1 Å². The molecule has 0 fully saturated rings. The van der Waals surface area contributed by atoms with Crippen LogP contribution in [0.4, 0.5) is 0 Å². The molecule has 0 aromatic rings. The Labute approximate surface area is 95.0 Å². The largest absolute Gasteiger partial charge is 0.468 e. The zero-order chi connectivity index (χ0) is 12.1. The Morgan fingerprint density at radius 2 is 1.94 bits per heavy atom. The summed E-state index contributed by atoms with van der Waals surface area (Å²) in [4.78, 5) is 24.9. The first-order valence-corrected chi connectivity index (χ1v) is 5.10. The third-order valence-corrected chi connectivity index (χ3v) is 2.60. The lowest BCUT2D eigenvalue weighted by Crippen LogP contribution is -2.27. The van der Waals surface area contributed by atoms with E-state index in [1.165, 1.54) is 14.2 Å². The molecule has 0 amide bonds. The van der Waals surface area contributed by atoms with Crippen LogP contribution in [0.2, 0.25) is 0 Å². The van der Waals surface area contributed by atoms with E-state index < -0.39 is 17.9 Å². The number of likely N-dealkylation sites (N-methyl/N-ethyl adjacent to an activating group) is 1. The molecule has 0 aromatic carbocycles. The maximum atomic E-state index is 11.4. The van der Waals surface area contributed by atoms with Crippen LogP contribution in [0, 0.1) is 5.92 Å². The van der Waals surface area contributed by atoms with E-state index in [-0.39, 0.29) is 0 Å². The fourth-order valence-corrected chi connectivity index (χ4v) is 1.72. The molecular formula is C11H17NO4. The summed E-state index contributed by atoms with van der Waals surface area (Å²) >= 11 is 0. The Morgan fingerprint density at radius 3 is 2.31 bits per heavy atom. The SMILES string of the molecule is COC(=O)C(CC1=CCN(C)C1)C(=O)OC. The number of carbonyl (C=O) groups is 2. The van der Waals surface area contributed by atoms with Crippen molar-refractivity contribution in [3.63, 3.8) is 0 Å². The number of esters is 2. The maximum absolute atomic E-state index is 11.4. The van der Waals surface area contributed by atoms with E-state index in [0.29, 0.717) is 6.42 Å². The number of hydrogen-bond acceptors (Lipinski definition) is 5. The zero-order valence-corrected chi connectivity index (χ0v) is 9.86. The number of methoxy groups -OCH3 is 2. The van der Waals surface area contributed by atoms with Crippen LogP contribution in [0.1, 0.15) is 6.42 Å². The molecule has 0 saturated carbocycles. The number of ether oxygens (including phenoxy) is 2. The molecule has 1 rings (SSSR count). The smallest absolute Gasteiger partial charge is 0.320 e. The minimum atomic E-state index is -0.840. The Kier molecular flexibility index (Phi) is 4.49. The van der Waals surface area contributed by atoms with Crippen molar-refractivity contribution >= 4 is 11.9 Å². The number of nitrogens with zero attached hydrogens (tertiary/aromatic N) is 1. The van der Waals surface area contributed by atoms with Gasteiger partial charge in [-0.05, 0) is 13.5 Å². The highest BCUT2D eigenvalue weighted by Crippen LogP contribution is 2.19. The summed E-state index contributed by atoms with van der Waals surface area (Å²) in [5, 5.41) is 0. The number of rotatable bonds is 4. The third kappa shape index (κ3) is 3.06. The van der Waals surface area contributed by atoms with E-state index in [9.17, 15) is 9.59 Å². The lowest BCUT2D eigenvalue weighted by molar-refractivity contribution is -0.158. The van der Waals surface area contributed by atoms with E-state index >= 15 is 0 Å². The van der Waals surface area contributed by atoms with Gasteiger partial charge in [0.05, 0.1) is 14.2 Å². The van der Waals surface area contributed by atoms with Gasteiger partial charge in [0.1, 0.15) is 0 Å². The minimum Gasteiger partial charge on any atom is -0.468 e. The molecule has 0 spiro atoms. The predicted octanol–water partition coefficient (Wildman–Crippen LogP) is 0.210. The zero-order valence-electron chi connectivity index (χ0n) is 9.86. The van der Waals surface area contributed by atoms with Gasteiger partial charge in [0.25, 0.3) is 0 Å². The minimum absolute atomic E-state index is 0.379. The Hall–Kier alpha value is -1.36. The molecule has 5 heteroatoms. The molecule has 0 aliphatic carbocycles. The first-order chi connectivity index (χ1) is 7.58. The van der Waals surface area contributed by atoms with E-state index in [0.717, 1.165) is 18.7 Å². The quantitative estimate of drug-likeness (QED) is 0.390. The second-order valence-corrected chi connectivity index (χ2v) is 3.86. The van der Waals surface area contributed by atoms with Crippen molar-refractivity contribution in [3.05, 3.63) is 11.6 Å². The van der Waals surface area contributed by atoms with Gasteiger partial charge in [-0.1, -0.05) is 11.6 Å². The van der Waals surface area contributed by atoms with Crippen molar-refractivity contribution in [1.29, 1.82) is 0 Å². The molecule has 1 aliphatic rings. The average Bonchev–Trinajstić information content (AvgIpc) is 2.69. The van der Waals surface area contributed by atoms with Gasteiger partial charge in [-0.15, -0.1) is 0 Å². The molecular weight excluding hydrogens is 210 g/mol. The highest BCUT2D eigenvalue weighted by atomic mass is 16.5. The highest BCUT2D eigenvalue weighted by Gasteiger charge is 2.30. The summed E-state index contributed by atoms with van der Waals surface area (Å²) in [6.07, 6.45) is 2.41. The van der Waals surface area contributed by atoms with Gasteiger partial charge in [-0.25, -0.2) is 0 Å². The van der Waals surface area contributed by atoms with Gasteiger partial charge in [-0.2, -0.15) is 0 Å². The second kappa shape index (κ2) is 5.65. The monoisotopic (exact) mass is 227 g/mol. The molecule has 0 aromatic heterocycles. The molecule has 1 aliphatic heterocycles. The fraction of sp³-hybridized carbons (Fsp3) is 0.636. The lowest BCUT2D eigenvalue weighted by Gasteiger charge is -2.13. The lowest BCUT2D eigenvalue weighted by atomic mass is 10.00. The molecule has 1 heterocycles.